The van der Waals surface area contributed by atoms with Gasteiger partial charge in [0.2, 0.25) is 0 Å². The minimum Gasteiger partial charge on any atom is -0.493 e. The lowest BCUT2D eigenvalue weighted by atomic mass is 10.2. The number of benzene rings is 1. The summed E-state index contributed by atoms with van der Waals surface area (Å²) in [5.74, 6) is 1.55. The van der Waals surface area contributed by atoms with E-state index < -0.39 is 0 Å². The van der Waals surface area contributed by atoms with E-state index in [-0.39, 0.29) is 17.5 Å². The second kappa shape index (κ2) is 6.98. The number of nitrogens with one attached hydrogen (secondary N) is 1. The van der Waals surface area contributed by atoms with Gasteiger partial charge in [0.1, 0.15) is 0 Å². The molecule has 0 amide bonds. The van der Waals surface area contributed by atoms with E-state index in [9.17, 15) is 4.79 Å². The van der Waals surface area contributed by atoms with Crippen molar-refractivity contribution >= 4 is 11.5 Å². The molecule has 0 spiro atoms. The first-order valence-corrected chi connectivity index (χ1v) is 7.22. The third-order valence-electron chi connectivity index (χ3n) is 3.04. The van der Waals surface area contributed by atoms with Gasteiger partial charge in [-0.25, -0.2) is 4.98 Å². The van der Waals surface area contributed by atoms with Gasteiger partial charge in [-0.3, -0.25) is 4.79 Å². The van der Waals surface area contributed by atoms with Crippen molar-refractivity contribution in [1.29, 1.82) is 0 Å². The van der Waals surface area contributed by atoms with Crippen molar-refractivity contribution < 1.29 is 9.47 Å². The second-order valence-corrected chi connectivity index (χ2v) is 5.02. The minimum atomic E-state index is -0.161. The van der Waals surface area contributed by atoms with Gasteiger partial charge in [0, 0.05) is 30.7 Å². The summed E-state index contributed by atoms with van der Waals surface area (Å²) in [5.41, 5.74) is 0.554. The zero-order chi connectivity index (χ0) is 16.1. The average Bonchev–Trinajstić information content (AvgIpc) is 2.50. The summed E-state index contributed by atoms with van der Waals surface area (Å²) in [4.78, 5) is 16.2. The summed E-state index contributed by atoms with van der Waals surface area (Å²) in [7, 11) is 1.58. The Morgan fingerprint density at radius 3 is 2.73 bits per heavy atom. The Balaban J connectivity index is 2.29. The first-order valence-electron chi connectivity index (χ1n) is 7.22. The lowest BCUT2D eigenvalue weighted by Crippen LogP contribution is -2.22. The minimum absolute atomic E-state index is 0.0558. The summed E-state index contributed by atoms with van der Waals surface area (Å²) >= 11 is 0. The normalized spacial score (nSPS) is 10.6. The molecule has 22 heavy (non-hydrogen) atoms. The molecular formula is C16H21N3O3. The van der Waals surface area contributed by atoms with Gasteiger partial charge in [-0.2, -0.15) is 0 Å². The fourth-order valence-electron chi connectivity index (χ4n) is 2.02. The Kier molecular flexibility index (Phi) is 5.04. The third kappa shape index (κ3) is 3.58. The predicted molar refractivity (Wildman–Crippen MR) is 86.2 cm³/mol. The maximum Gasteiger partial charge on any atom is 0.293 e. The van der Waals surface area contributed by atoms with Gasteiger partial charge in [-0.1, -0.05) is 0 Å². The summed E-state index contributed by atoms with van der Waals surface area (Å²) in [6.45, 7) is 6.41. The zero-order valence-corrected chi connectivity index (χ0v) is 13.3. The van der Waals surface area contributed by atoms with Crippen molar-refractivity contribution in [3.8, 4) is 11.5 Å². The van der Waals surface area contributed by atoms with Crippen LogP contribution in [0.5, 0.6) is 11.5 Å². The molecule has 1 aromatic heterocycles. The number of anilines is 2. The highest BCUT2D eigenvalue weighted by atomic mass is 16.5. The van der Waals surface area contributed by atoms with Crippen LogP contribution in [-0.4, -0.2) is 22.8 Å². The van der Waals surface area contributed by atoms with Gasteiger partial charge < -0.3 is 19.4 Å². The molecule has 0 aliphatic carbocycles. The molecule has 0 atom stereocenters. The Labute approximate surface area is 129 Å². The molecule has 2 rings (SSSR count). The molecule has 1 N–H and O–H groups in total. The van der Waals surface area contributed by atoms with E-state index >= 15 is 0 Å². The first kappa shape index (κ1) is 15.9. The van der Waals surface area contributed by atoms with Crippen LogP contribution in [0.4, 0.5) is 11.5 Å². The Bertz CT molecular complexity index is 695. The van der Waals surface area contributed by atoms with E-state index in [4.69, 9.17) is 9.47 Å². The largest absolute Gasteiger partial charge is 0.493 e. The summed E-state index contributed by atoms with van der Waals surface area (Å²) in [6, 6.07) is 5.41. The number of rotatable bonds is 6. The molecule has 0 fully saturated rings. The SMILES string of the molecule is CCn1ccnc(Nc2ccc(OC(C)C)c(OC)c2)c1=O. The summed E-state index contributed by atoms with van der Waals surface area (Å²) in [6.07, 6.45) is 3.31. The van der Waals surface area contributed by atoms with Crippen LogP contribution in [0, 0.1) is 0 Å². The van der Waals surface area contributed by atoms with Crippen molar-refractivity contribution in [1.82, 2.24) is 9.55 Å². The predicted octanol–water partition coefficient (Wildman–Crippen LogP) is 2.80. The van der Waals surface area contributed by atoms with E-state index in [1.54, 1.807) is 30.1 Å². The van der Waals surface area contributed by atoms with Crippen LogP contribution in [0.2, 0.25) is 0 Å². The molecule has 6 nitrogen and oxygen atoms in total. The smallest absolute Gasteiger partial charge is 0.293 e. The van der Waals surface area contributed by atoms with E-state index in [0.29, 0.717) is 23.7 Å². The topological polar surface area (TPSA) is 65.4 Å². The lowest BCUT2D eigenvalue weighted by molar-refractivity contribution is 0.230. The highest BCUT2D eigenvalue weighted by molar-refractivity contribution is 5.60. The highest BCUT2D eigenvalue weighted by Crippen LogP contribution is 2.31. The fourth-order valence-corrected chi connectivity index (χ4v) is 2.02. The van der Waals surface area contributed by atoms with E-state index in [1.165, 1.54) is 0 Å². The molecule has 118 valence electrons. The monoisotopic (exact) mass is 303 g/mol. The Morgan fingerprint density at radius 1 is 1.32 bits per heavy atom. The van der Waals surface area contributed by atoms with Crippen LogP contribution in [0.15, 0.2) is 35.4 Å². The van der Waals surface area contributed by atoms with Gasteiger partial charge in [-0.05, 0) is 32.9 Å². The van der Waals surface area contributed by atoms with Gasteiger partial charge in [0.25, 0.3) is 5.56 Å². The highest BCUT2D eigenvalue weighted by Gasteiger charge is 2.09. The van der Waals surface area contributed by atoms with Gasteiger partial charge >= 0.3 is 0 Å². The number of ether oxygens (including phenoxy) is 2. The number of aryl methyl sites for hydroxylation is 1. The third-order valence-corrected chi connectivity index (χ3v) is 3.04. The molecule has 0 aliphatic rings. The standard InChI is InChI=1S/C16H21N3O3/c1-5-19-9-8-17-15(16(19)20)18-12-6-7-13(22-11(2)3)14(10-12)21-4/h6-11H,5H2,1-4H3,(H,17,18). The lowest BCUT2D eigenvalue weighted by Gasteiger charge is -2.15. The molecule has 2 aromatic rings. The Morgan fingerprint density at radius 2 is 2.09 bits per heavy atom. The van der Waals surface area contributed by atoms with Crippen molar-refractivity contribution in [2.45, 2.75) is 33.4 Å². The van der Waals surface area contributed by atoms with E-state index in [0.717, 1.165) is 0 Å². The average molecular weight is 303 g/mol. The van der Waals surface area contributed by atoms with Gasteiger partial charge in [0.05, 0.1) is 13.2 Å². The maximum absolute atomic E-state index is 12.2. The van der Waals surface area contributed by atoms with E-state index in [2.05, 4.69) is 10.3 Å². The first-order chi connectivity index (χ1) is 10.5. The van der Waals surface area contributed by atoms with Crippen molar-refractivity contribution in [3.05, 3.63) is 40.9 Å². The van der Waals surface area contributed by atoms with Crippen LogP contribution >= 0.6 is 0 Å². The molecule has 0 unspecified atom stereocenters. The van der Waals surface area contributed by atoms with Crippen LogP contribution in [0.3, 0.4) is 0 Å². The molecule has 0 radical (unpaired) electrons. The number of nitrogens with zero attached hydrogens (tertiary/aromatic N) is 2. The number of hydrogen-bond acceptors (Lipinski definition) is 5. The van der Waals surface area contributed by atoms with Crippen LogP contribution in [0.25, 0.3) is 0 Å². The number of aromatic nitrogens is 2. The second-order valence-electron chi connectivity index (χ2n) is 5.02. The summed E-state index contributed by atoms with van der Waals surface area (Å²) in [5, 5.41) is 3.02. The van der Waals surface area contributed by atoms with Crippen LogP contribution < -0.4 is 20.3 Å². The molecule has 1 heterocycles. The van der Waals surface area contributed by atoms with Crippen LogP contribution in [-0.2, 0) is 6.54 Å². The zero-order valence-electron chi connectivity index (χ0n) is 13.3. The number of methoxy groups -OCH3 is 1. The Hall–Kier alpha value is -2.50. The summed E-state index contributed by atoms with van der Waals surface area (Å²) < 4.78 is 12.6. The molecule has 0 saturated heterocycles. The van der Waals surface area contributed by atoms with Crippen LogP contribution in [0.1, 0.15) is 20.8 Å². The van der Waals surface area contributed by atoms with E-state index in [1.807, 2.05) is 32.9 Å². The molecule has 0 bridgehead atoms. The molecule has 6 heteroatoms. The molecular weight excluding hydrogens is 282 g/mol. The maximum atomic E-state index is 12.2. The van der Waals surface area contributed by atoms with Gasteiger partial charge in [-0.15, -0.1) is 0 Å². The van der Waals surface area contributed by atoms with Crippen molar-refractivity contribution in [3.63, 3.8) is 0 Å². The van der Waals surface area contributed by atoms with Gasteiger partial charge in [0.15, 0.2) is 17.3 Å². The fraction of sp³-hybridized carbons (Fsp3) is 0.375. The van der Waals surface area contributed by atoms with Crippen molar-refractivity contribution in [2.75, 3.05) is 12.4 Å². The quantitative estimate of drug-likeness (QED) is 0.889. The molecule has 0 saturated carbocycles. The molecule has 0 aliphatic heterocycles. The molecule has 1 aromatic carbocycles. The van der Waals surface area contributed by atoms with Crippen molar-refractivity contribution in [2.24, 2.45) is 0 Å². The number of hydrogen-bond donors (Lipinski definition) is 1.